The zero-order chi connectivity index (χ0) is 9.84. The molecule has 1 heterocycles. The van der Waals surface area contributed by atoms with E-state index >= 15 is 0 Å². The Hall–Kier alpha value is -0.900. The number of hydrogen-bond donors (Lipinski definition) is 0. The van der Waals surface area contributed by atoms with E-state index in [0.717, 1.165) is 6.42 Å². The third-order valence-corrected chi connectivity index (χ3v) is 2.23. The van der Waals surface area contributed by atoms with Crippen LogP contribution in [0.4, 0.5) is 0 Å². The van der Waals surface area contributed by atoms with Crippen LogP contribution in [0.1, 0.15) is 19.8 Å². The average molecular weight is 185 g/mol. The van der Waals surface area contributed by atoms with Crippen LogP contribution in [0.3, 0.4) is 0 Å². The second-order valence-electron chi connectivity index (χ2n) is 3.36. The van der Waals surface area contributed by atoms with Gasteiger partial charge in [0, 0.05) is 20.2 Å². The summed E-state index contributed by atoms with van der Waals surface area (Å²) in [7, 11) is 1.64. The van der Waals surface area contributed by atoms with Gasteiger partial charge in [0.2, 0.25) is 5.91 Å². The fourth-order valence-corrected chi connectivity index (χ4v) is 1.47. The first-order chi connectivity index (χ1) is 6.13. The molecule has 1 atom stereocenters. The van der Waals surface area contributed by atoms with E-state index in [4.69, 9.17) is 4.74 Å². The molecule has 0 bridgehead atoms. The van der Waals surface area contributed by atoms with Crippen molar-refractivity contribution in [2.45, 2.75) is 25.9 Å². The molecule has 1 amide bonds. The summed E-state index contributed by atoms with van der Waals surface area (Å²) in [6.45, 7) is 2.77. The van der Waals surface area contributed by atoms with E-state index in [1.54, 1.807) is 12.0 Å². The van der Waals surface area contributed by atoms with Crippen LogP contribution in [0.5, 0.6) is 0 Å². The van der Waals surface area contributed by atoms with Gasteiger partial charge >= 0.3 is 0 Å². The molecule has 0 aliphatic carbocycles. The van der Waals surface area contributed by atoms with Gasteiger partial charge in [-0.05, 0) is 13.3 Å². The van der Waals surface area contributed by atoms with Gasteiger partial charge in [-0.15, -0.1) is 0 Å². The summed E-state index contributed by atoms with van der Waals surface area (Å²) in [6.07, 6.45) is 1.05. The Bertz CT molecular complexity index is 215. The number of amides is 1. The summed E-state index contributed by atoms with van der Waals surface area (Å²) >= 11 is 0. The molecular weight excluding hydrogens is 170 g/mol. The van der Waals surface area contributed by atoms with Gasteiger partial charge in [-0.2, -0.15) is 0 Å². The Kier molecular flexibility index (Phi) is 3.42. The molecule has 1 aliphatic heterocycles. The summed E-state index contributed by atoms with van der Waals surface area (Å²) in [4.78, 5) is 23.7. The number of ketones is 1. The third kappa shape index (κ3) is 2.81. The predicted octanol–water partition coefficient (Wildman–Crippen LogP) is 0.213. The summed E-state index contributed by atoms with van der Waals surface area (Å²) in [5.41, 5.74) is 0. The molecule has 0 radical (unpaired) electrons. The van der Waals surface area contributed by atoms with E-state index in [1.807, 2.05) is 0 Å². The first-order valence-corrected chi connectivity index (χ1v) is 4.43. The van der Waals surface area contributed by atoms with Crippen molar-refractivity contribution in [2.24, 2.45) is 0 Å². The Morgan fingerprint density at radius 2 is 2.23 bits per heavy atom. The van der Waals surface area contributed by atoms with Crippen LogP contribution in [0, 0.1) is 0 Å². The second-order valence-corrected chi connectivity index (χ2v) is 3.36. The highest BCUT2D eigenvalue weighted by Crippen LogP contribution is 2.12. The topological polar surface area (TPSA) is 46.6 Å². The summed E-state index contributed by atoms with van der Waals surface area (Å²) < 4.78 is 5.12. The highest BCUT2D eigenvalue weighted by atomic mass is 16.5. The SMILES string of the molecule is COC1CCN(C(=O)CC(C)=O)C1. The van der Waals surface area contributed by atoms with Gasteiger partial charge in [0.25, 0.3) is 0 Å². The van der Waals surface area contributed by atoms with E-state index in [-0.39, 0.29) is 24.2 Å². The van der Waals surface area contributed by atoms with Crippen molar-refractivity contribution in [3.05, 3.63) is 0 Å². The molecule has 74 valence electrons. The van der Waals surface area contributed by atoms with E-state index in [0.29, 0.717) is 13.1 Å². The molecule has 0 aromatic rings. The molecule has 0 N–H and O–H groups in total. The molecular formula is C9H15NO3. The zero-order valence-corrected chi connectivity index (χ0v) is 8.08. The van der Waals surface area contributed by atoms with E-state index < -0.39 is 0 Å². The van der Waals surface area contributed by atoms with Crippen LogP contribution in [0.15, 0.2) is 0 Å². The predicted molar refractivity (Wildman–Crippen MR) is 47.3 cm³/mol. The lowest BCUT2D eigenvalue weighted by atomic mass is 10.3. The molecule has 0 aromatic carbocycles. The van der Waals surface area contributed by atoms with Crippen molar-refractivity contribution in [3.8, 4) is 0 Å². The third-order valence-electron chi connectivity index (χ3n) is 2.23. The first-order valence-electron chi connectivity index (χ1n) is 4.43. The molecule has 4 heteroatoms. The van der Waals surface area contributed by atoms with Gasteiger partial charge in [-0.1, -0.05) is 0 Å². The van der Waals surface area contributed by atoms with Crippen molar-refractivity contribution in [1.29, 1.82) is 0 Å². The lowest BCUT2D eigenvalue weighted by Crippen LogP contribution is -2.30. The van der Waals surface area contributed by atoms with Gasteiger partial charge in [0.1, 0.15) is 5.78 Å². The number of methoxy groups -OCH3 is 1. The maximum atomic E-state index is 11.4. The number of hydrogen-bond acceptors (Lipinski definition) is 3. The molecule has 0 aromatic heterocycles. The molecule has 0 saturated carbocycles. The van der Waals surface area contributed by atoms with Gasteiger partial charge in [0.15, 0.2) is 0 Å². The molecule has 1 saturated heterocycles. The Balaban J connectivity index is 2.37. The fourth-order valence-electron chi connectivity index (χ4n) is 1.47. The number of carbonyl (C=O) groups is 2. The van der Waals surface area contributed by atoms with Gasteiger partial charge in [0.05, 0.1) is 12.5 Å². The van der Waals surface area contributed by atoms with Crippen LogP contribution in [0.25, 0.3) is 0 Å². The maximum absolute atomic E-state index is 11.4. The monoisotopic (exact) mass is 185 g/mol. The Morgan fingerprint density at radius 1 is 1.54 bits per heavy atom. The molecule has 1 unspecified atom stereocenters. The minimum atomic E-state index is -0.0779. The first kappa shape index (κ1) is 10.2. The van der Waals surface area contributed by atoms with Crippen LogP contribution >= 0.6 is 0 Å². The maximum Gasteiger partial charge on any atom is 0.230 e. The quantitative estimate of drug-likeness (QED) is 0.591. The summed E-state index contributed by atoms with van der Waals surface area (Å²) in [5.74, 6) is -0.155. The summed E-state index contributed by atoms with van der Waals surface area (Å²) in [6, 6.07) is 0. The number of likely N-dealkylation sites (tertiary alicyclic amines) is 1. The highest BCUT2D eigenvalue weighted by Gasteiger charge is 2.26. The lowest BCUT2D eigenvalue weighted by Gasteiger charge is -2.14. The average Bonchev–Trinajstić information content (AvgIpc) is 2.50. The molecule has 4 nitrogen and oxygen atoms in total. The van der Waals surface area contributed by atoms with E-state index in [9.17, 15) is 9.59 Å². The van der Waals surface area contributed by atoms with Gasteiger partial charge < -0.3 is 9.64 Å². The van der Waals surface area contributed by atoms with Crippen LogP contribution in [0.2, 0.25) is 0 Å². The molecule has 0 spiro atoms. The number of ether oxygens (including phenoxy) is 1. The van der Waals surface area contributed by atoms with Crippen molar-refractivity contribution in [2.75, 3.05) is 20.2 Å². The zero-order valence-electron chi connectivity index (χ0n) is 8.08. The van der Waals surface area contributed by atoms with Crippen molar-refractivity contribution >= 4 is 11.7 Å². The molecule has 13 heavy (non-hydrogen) atoms. The van der Waals surface area contributed by atoms with Gasteiger partial charge in [-0.3, -0.25) is 9.59 Å². The minimum Gasteiger partial charge on any atom is -0.380 e. The van der Waals surface area contributed by atoms with Gasteiger partial charge in [-0.25, -0.2) is 0 Å². The second kappa shape index (κ2) is 4.37. The van der Waals surface area contributed by atoms with Crippen molar-refractivity contribution in [1.82, 2.24) is 4.90 Å². The van der Waals surface area contributed by atoms with E-state index in [2.05, 4.69) is 0 Å². The molecule has 1 rings (SSSR count). The molecule has 1 aliphatic rings. The fraction of sp³-hybridized carbons (Fsp3) is 0.778. The highest BCUT2D eigenvalue weighted by molar-refractivity contribution is 5.96. The van der Waals surface area contributed by atoms with E-state index in [1.165, 1.54) is 6.92 Å². The lowest BCUT2D eigenvalue weighted by molar-refractivity contribution is -0.134. The minimum absolute atomic E-state index is 0.0242. The Morgan fingerprint density at radius 3 is 2.69 bits per heavy atom. The van der Waals surface area contributed by atoms with Crippen LogP contribution in [-0.4, -0.2) is 42.9 Å². The standard InChI is InChI=1S/C9H15NO3/c1-7(11)5-9(12)10-4-3-8(6-10)13-2/h8H,3-6H2,1-2H3. The molecule has 1 fully saturated rings. The largest absolute Gasteiger partial charge is 0.380 e. The number of carbonyl (C=O) groups excluding carboxylic acids is 2. The van der Waals surface area contributed by atoms with Crippen LogP contribution in [-0.2, 0) is 14.3 Å². The number of nitrogens with zero attached hydrogens (tertiary/aromatic N) is 1. The summed E-state index contributed by atoms with van der Waals surface area (Å²) in [5, 5.41) is 0. The van der Waals surface area contributed by atoms with Crippen molar-refractivity contribution < 1.29 is 14.3 Å². The number of Topliss-reactive ketones (excluding diaryl/α,β-unsaturated/α-hetero) is 1. The Labute approximate surface area is 77.8 Å². The smallest absolute Gasteiger partial charge is 0.230 e. The van der Waals surface area contributed by atoms with Crippen LogP contribution < -0.4 is 0 Å². The number of rotatable bonds is 3. The van der Waals surface area contributed by atoms with Crippen molar-refractivity contribution in [3.63, 3.8) is 0 Å². The normalized spacial score (nSPS) is 22.0.